The van der Waals surface area contributed by atoms with E-state index >= 15 is 0 Å². The van der Waals surface area contributed by atoms with Gasteiger partial charge in [0.25, 0.3) is 5.91 Å². The van der Waals surface area contributed by atoms with Gasteiger partial charge >= 0.3 is 0 Å². The molecule has 174 valence electrons. The van der Waals surface area contributed by atoms with E-state index in [-0.39, 0.29) is 5.57 Å². The third-order valence-electron chi connectivity index (χ3n) is 5.28. The Balaban J connectivity index is 1.68. The third-order valence-corrected chi connectivity index (χ3v) is 5.28. The van der Waals surface area contributed by atoms with Gasteiger partial charge in [-0.25, -0.2) is 0 Å². The van der Waals surface area contributed by atoms with Gasteiger partial charge in [0.2, 0.25) is 0 Å². The minimum absolute atomic E-state index is 0.0687. The molecule has 0 atom stereocenters. The molecule has 1 N–H and O–H groups in total. The molecule has 6 nitrogen and oxygen atoms in total. The van der Waals surface area contributed by atoms with Crippen molar-refractivity contribution < 1.29 is 14.3 Å². The van der Waals surface area contributed by atoms with Crippen LogP contribution in [0.1, 0.15) is 16.7 Å². The van der Waals surface area contributed by atoms with Gasteiger partial charge in [-0.3, -0.25) is 4.79 Å². The zero-order valence-electron chi connectivity index (χ0n) is 19.5. The number of carbonyl (C=O) groups is 1. The van der Waals surface area contributed by atoms with Crippen LogP contribution in [0.2, 0.25) is 0 Å². The molecular formula is C28H29N3O3. The van der Waals surface area contributed by atoms with E-state index in [2.05, 4.69) is 11.4 Å². The first-order valence-electron chi connectivity index (χ1n) is 11.1. The lowest BCUT2D eigenvalue weighted by Gasteiger charge is -2.21. The lowest BCUT2D eigenvalue weighted by molar-refractivity contribution is -0.117. The van der Waals surface area contributed by atoms with Crippen molar-refractivity contribution in [1.82, 2.24) is 10.2 Å². The smallest absolute Gasteiger partial charge is 0.263 e. The fourth-order valence-corrected chi connectivity index (χ4v) is 3.56. The van der Waals surface area contributed by atoms with Crippen molar-refractivity contribution in [3.05, 3.63) is 107 Å². The van der Waals surface area contributed by atoms with Crippen molar-refractivity contribution in [2.75, 3.05) is 20.8 Å². The van der Waals surface area contributed by atoms with E-state index in [0.29, 0.717) is 37.6 Å². The van der Waals surface area contributed by atoms with Gasteiger partial charge in [0.15, 0.2) is 11.5 Å². The Morgan fingerprint density at radius 1 is 0.882 bits per heavy atom. The zero-order valence-corrected chi connectivity index (χ0v) is 19.5. The van der Waals surface area contributed by atoms with Crippen LogP contribution >= 0.6 is 0 Å². The summed E-state index contributed by atoms with van der Waals surface area (Å²) in [6, 6.07) is 27.7. The zero-order chi connectivity index (χ0) is 24.2. The number of ether oxygens (including phenoxy) is 2. The maximum absolute atomic E-state index is 12.8. The van der Waals surface area contributed by atoms with Crippen molar-refractivity contribution in [3.8, 4) is 17.6 Å². The molecule has 0 aliphatic rings. The van der Waals surface area contributed by atoms with Gasteiger partial charge in [-0.1, -0.05) is 66.7 Å². The summed E-state index contributed by atoms with van der Waals surface area (Å²) in [5.41, 5.74) is 3.26. The van der Waals surface area contributed by atoms with Crippen LogP contribution in [-0.4, -0.2) is 31.6 Å². The van der Waals surface area contributed by atoms with E-state index in [1.165, 1.54) is 0 Å². The van der Waals surface area contributed by atoms with E-state index in [1.807, 2.05) is 83.8 Å². The molecule has 0 unspecified atom stereocenters. The monoisotopic (exact) mass is 455 g/mol. The highest BCUT2D eigenvalue weighted by Crippen LogP contribution is 2.27. The number of rotatable bonds is 11. The van der Waals surface area contributed by atoms with E-state index in [9.17, 15) is 10.1 Å². The Kier molecular flexibility index (Phi) is 9.12. The molecule has 6 heteroatoms. The lowest BCUT2D eigenvalue weighted by Crippen LogP contribution is -2.28. The van der Waals surface area contributed by atoms with Gasteiger partial charge in [0, 0.05) is 25.8 Å². The number of carbonyl (C=O) groups excluding carboxylic acids is 1. The van der Waals surface area contributed by atoms with Crippen LogP contribution in [0.5, 0.6) is 11.5 Å². The molecule has 0 saturated heterocycles. The maximum atomic E-state index is 12.8. The highest BCUT2D eigenvalue weighted by atomic mass is 16.5. The molecule has 1 amide bonds. The van der Waals surface area contributed by atoms with E-state index < -0.39 is 5.91 Å². The molecule has 0 aliphatic heterocycles. The fraction of sp³-hybridized carbons (Fsp3) is 0.214. The third kappa shape index (κ3) is 7.14. The fourth-order valence-electron chi connectivity index (χ4n) is 3.56. The summed E-state index contributed by atoms with van der Waals surface area (Å²) >= 11 is 0. The topological polar surface area (TPSA) is 74.6 Å². The number of hydrogen-bond donors (Lipinski definition) is 1. The second-order valence-corrected chi connectivity index (χ2v) is 7.73. The van der Waals surface area contributed by atoms with Crippen LogP contribution in [0, 0.1) is 11.3 Å². The van der Waals surface area contributed by atoms with Gasteiger partial charge in [0.05, 0.1) is 14.2 Å². The van der Waals surface area contributed by atoms with Gasteiger partial charge in [-0.15, -0.1) is 0 Å². The van der Waals surface area contributed by atoms with Gasteiger partial charge in [-0.2, -0.15) is 5.26 Å². The van der Waals surface area contributed by atoms with Crippen LogP contribution in [0.4, 0.5) is 0 Å². The maximum Gasteiger partial charge on any atom is 0.263 e. The van der Waals surface area contributed by atoms with E-state index in [4.69, 9.17) is 9.47 Å². The normalized spacial score (nSPS) is 10.8. The quantitative estimate of drug-likeness (QED) is 0.341. The molecule has 0 heterocycles. The van der Waals surface area contributed by atoms with Crippen LogP contribution in [0.3, 0.4) is 0 Å². The first-order chi connectivity index (χ1) is 16.6. The van der Waals surface area contributed by atoms with Crippen molar-refractivity contribution in [2.45, 2.75) is 19.5 Å². The van der Waals surface area contributed by atoms with E-state index in [0.717, 1.165) is 16.7 Å². The number of nitrogens with zero attached hydrogens (tertiary/aromatic N) is 2. The molecule has 0 aromatic heterocycles. The molecule has 0 spiro atoms. The minimum atomic E-state index is -0.394. The summed E-state index contributed by atoms with van der Waals surface area (Å²) in [5.74, 6) is 0.900. The molecule has 0 aliphatic carbocycles. The number of benzene rings is 3. The van der Waals surface area contributed by atoms with Crippen LogP contribution in [-0.2, 0) is 24.3 Å². The van der Waals surface area contributed by atoms with Gasteiger partial charge in [0.1, 0.15) is 11.6 Å². The van der Waals surface area contributed by atoms with Crippen molar-refractivity contribution in [3.63, 3.8) is 0 Å². The molecule has 3 rings (SSSR count). The van der Waals surface area contributed by atoms with Crippen LogP contribution in [0.25, 0.3) is 0 Å². The number of nitriles is 1. The predicted molar refractivity (Wildman–Crippen MR) is 132 cm³/mol. The average Bonchev–Trinajstić information content (AvgIpc) is 2.88. The van der Waals surface area contributed by atoms with Crippen molar-refractivity contribution >= 4 is 5.91 Å². The second kappa shape index (κ2) is 12.7. The van der Waals surface area contributed by atoms with Crippen molar-refractivity contribution in [1.29, 1.82) is 5.26 Å². The highest BCUT2D eigenvalue weighted by Gasteiger charge is 2.13. The largest absolute Gasteiger partial charge is 0.493 e. The number of methoxy groups -OCH3 is 2. The van der Waals surface area contributed by atoms with Crippen LogP contribution in [0.15, 0.2) is 90.6 Å². The molecule has 3 aromatic rings. The summed E-state index contributed by atoms with van der Waals surface area (Å²) in [6.07, 6.45) is 2.24. The summed E-state index contributed by atoms with van der Waals surface area (Å²) < 4.78 is 10.6. The number of hydrogen-bond acceptors (Lipinski definition) is 5. The minimum Gasteiger partial charge on any atom is -0.493 e. The molecule has 0 bridgehead atoms. The van der Waals surface area contributed by atoms with Crippen molar-refractivity contribution in [2.24, 2.45) is 0 Å². The number of amides is 1. The summed E-state index contributed by atoms with van der Waals surface area (Å²) in [6.45, 7) is 1.56. The number of nitrogens with one attached hydrogen (secondary N) is 1. The predicted octanol–water partition coefficient (Wildman–Crippen LogP) is 4.47. The molecule has 0 saturated carbocycles. The first-order valence-corrected chi connectivity index (χ1v) is 11.1. The Hall–Kier alpha value is -4.24. The summed E-state index contributed by atoms with van der Waals surface area (Å²) in [7, 11) is 3.18. The van der Waals surface area contributed by atoms with Crippen LogP contribution < -0.4 is 14.8 Å². The molecule has 0 radical (unpaired) electrons. The van der Waals surface area contributed by atoms with E-state index in [1.54, 1.807) is 20.4 Å². The summed E-state index contributed by atoms with van der Waals surface area (Å²) in [5, 5.41) is 12.5. The molecular weight excluding hydrogens is 426 g/mol. The van der Waals surface area contributed by atoms with Gasteiger partial charge < -0.3 is 19.7 Å². The Bertz CT molecular complexity index is 1100. The first kappa shape index (κ1) is 24.4. The second-order valence-electron chi connectivity index (χ2n) is 7.73. The molecule has 0 fully saturated rings. The Morgan fingerprint density at radius 3 is 2.00 bits per heavy atom. The van der Waals surface area contributed by atoms with Gasteiger partial charge in [-0.05, 0) is 35.2 Å². The highest BCUT2D eigenvalue weighted by molar-refractivity contribution is 5.97. The SMILES string of the molecule is COc1ccc(CCNC(=O)/C(C#N)=C\N(Cc2ccccc2)Cc2ccccc2)cc1OC. The molecule has 34 heavy (non-hydrogen) atoms. The molecule has 3 aromatic carbocycles. The summed E-state index contributed by atoms with van der Waals surface area (Å²) in [4.78, 5) is 14.7. The Labute approximate surface area is 201 Å². The Morgan fingerprint density at radius 2 is 1.47 bits per heavy atom. The lowest BCUT2D eigenvalue weighted by atomic mass is 10.1. The standard InChI is InChI=1S/C28H29N3O3/c1-33-26-14-13-22(17-27(26)34-2)15-16-30-28(32)25(18-29)21-31(19-23-9-5-3-6-10-23)20-24-11-7-4-8-12-24/h3-14,17,21H,15-16,19-20H2,1-2H3,(H,30,32)/b25-21-. The average molecular weight is 456 g/mol.